The second kappa shape index (κ2) is 8.27. The number of ether oxygens (including phenoxy) is 2. The van der Waals surface area contributed by atoms with Gasteiger partial charge in [-0.25, -0.2) is 0 Å². The van der Waals surface area contributed by atoms with Crippen molar-refractivity contribution in [1.29, 1.82) is 0 Å². The summed E-state index contributed by atoms with van der Waals surface area (Å²) in [6.07, 6.45) is 5.10. The minimum absolute atomic E-state index is 0.103. The van der Waals surface area contributed by atoms with E-state index in [2.05, 4.69) is 13.8 Å². The monoisotopic (exact) mass is 312 g/mol. The zero-order chi connectivity index (χ0) is 16.1. The van der Waals surface area contributed by atoms with Crippen LogP contribution in [0.15, 0.2) is 0 Å². The maximum atomic E-state index is 12.7. The molecule has 0 radical (unpaired) electrons. The maximum absolute atomic E-state index is 12.7. The highest BCUT2D eigenvalue weighted by atomic mass is 16.5. The summed E-state index contributed by atoms with van der Waals surface area (Å²) in [5, 5.41) is 0. The summed E-state index contributed by atoms with van der Waals surface area (Å²) in [5.74, 6) is 0.632. The van der Waals surface area contributed by atoms with Crippen LogP contribution in [0.4, 0.5) is 0 Å². The number of nitrogens with two attached hydrogens (primary N) is 1. The SMILES string of the molecule is CC(OCC1CCCCO1)C(=O)N1C(C)CC(CN)CC1C. The van der Waals surface area contributed by atoms with Crippen LogP contribution in [-0.2, 0) is 14.3 Å². The molecule has 0 aromatic rings. The van der Waals surface area contributed by atoms with Gasteiger partial charge in [0, 0.05) is 18.7 Å². The number of hydrogen-bond donors (Lipinski definition) is 1. The van der Waals surface area contributed by atoms with Crippen molar-refractivity contribution in [2.45, 2.75) is 77.2 Å². The van der Waals surface area contributed by atoms with Crippen LogP contribution in [0.3, 0.4) is 0 Å². The van der Waals surface area contributed by atoms with Gasteiger partial charge in [0.2, 0.25) is 0 Å². The van der Waals surface area contributed by atoms with E-state index in [0.717, 1.165) is 32.3 Å². The summed E-state index contributed by atoms with van der Waals surface area (Å²) in [4.78, 5) is 14.7. The van der Waals surface area contributed by atoms with E-state index in [1.807, 2.05) is 11.8 Å². The Labute approximate surface area is 134 Å². The van der Waals surface area contributed by atoms with Gasteiger partial charge < -0.3 is 20.1 Å². The van der Waals surface area contributed by atoms with Gasteiger partial charge in [0.05, 0.1) is 12.7 Å². The lowest BCUT2D eigenvalue weighted by Gasteiger charge is -2.43. The first-order valence-corrected chi connectivity index (χ1v) is 8.78. The number of carbonyl (C=O) groups is 1. The second-order valence-corrected chi connectivity index (χ2v) is 6.98. The topological polar surface area (TPSA) is 64.8 Å². The zero-order valence-electron chi connectivity index (χ0n) is 14.3. The lowest BCUT2D eigenvalue weighted by atomic mass is 9.87. The van der Waals surface area contributed by atoms with Crippen molar-refractivity contribution in [2.75, 3.05) is 19.8 Å². The van der Waals surface area contributed by atoms with Crippen LogP contribution in [0.5, 0.6) is 0 Å². The summed E-state index contributed by atoms with van der Waals surface area (Å²) in [6, 6.07) is 0.476. The number of hydrogen-bond acceptors (Lipinski definition) is 4. The third-order valence-corrected chi connectivity index (χ3v) is 5.04. The lowest BCUT2D eigenvalue weighted by Crippen LogP contribution is -2.54. The average Bonchev–Trinajstić information content (AvgIpc) is 2.52. The van der Waals surface area contributed by atoms with E-state index < -0.39 is 6.10 Å². The molecule has 0 saturated carbocycles. The van der Waals surface area contributed by atoms with Crippen molar-refractivity contribution >= 4 is 5.91 Å². The minimum Gasteiger partial charge on any atom is -0.376 e. The number of carbonyl (C=O) groups excluding carboxylic acids is 1. The highest BCUT2D eigenvalue weighted by molar-refractivity contribution is 5.81. The van der Waals surface area contributed by atoms with Crippen molar-refractivity contribution < 1.29 is 14.3 Å². The van der Waals surface area contributed by atoms with Crippen LogP contribution in [-0.4, -0.2) is 54.9 Å². The van der Waals surface area contributed by atoms with Crippen LogP contribution in [0.2, 0.25) is 0 Å². The Bertz CT molecular complexity index is 346. The van der Waals surface area contributed by atoms with Crippen molar-refractivity contribution in [1.82, 2.24) is 4.90 Å². The van der Waals surface area contributed by atoms with Crippen LogP contribution >= 0.6 is 0 Å². The van der Waals surface area contributed by atoms with Gasteiger partial charge in [0.15, 0.2) is 0 Å². The van der Waals surface area contributed by atoms with Crippen molar-refractivity contribution in [3.8, 4) is 0 Å². The molecule has 2 N–H and O–H groups in total. The molecule has 4 unspecified atom stereocenters. The van der Waals surface area contributed by atoms with E-state index >= 15 is 0 Å². The first-order valence-electron chi connectivity index (χ1n) is 8.78. The van der Waals surface area contributed by atoms with Crippen molar-refractivity contribution in [2.24, 2.45) is 11.7 Å². The highest BCUT2D eigenvalue weighted by Crippen LogP contribution is 2.28. The Hall–Kier alpha value is -0.650. The fourth-order valence-corrected chi connectivity index (χ4v) is 3.82. The van der Waals surface area contributed by atoms with Gasteiger partial charge in [-0.05, 0) is 65.3 Å². The molecule has 0 aliphatic carbocycles. The average molecular weight is 312 g/mol. The van der Waals surface area contributed by atoms with Crippen LogP contribution in [0.1, 0.15) is 52.9 Å². The van der Waals surface area contributed by atoms with E-state index in [1.54, 1.807) is 0 Å². The smallest absolute Gasteiger partial charge is 0.251 e. The molecule has 22 heavy (non-hydrogen) atoms. The first kappa shape index (κ1) is 17.7. The standard InChI is InChI=1S/C17H32N2O3/c1-12-8-15(10-18)9-13(2)19(12)17(20)14(3)22-11-16-6-4-5-7-21-16/h12-16H,4-11,18H2,1-3H3. The molecule has 2 saturated heterocycles. The molecule has 4 atom stereocenters. The number of amides is 1. The molecular weight excluding hydrogens is 280 g/mol. The van der Waals surface area contributed by atoms with Gasteiger partial charge in [-0.2, -0.15) is 0 Å². The van der Waals surface area contributed by atoms with Crippen LogP contribution in [0.25, 0.3) is 0 Å². The van der Waals surface area contributed by atoms with E-state index in [9.17, 15) is 4.79 Å². The van der Waals surface area contributed by atoms with E-state index in [0.29, 0.717) is 19.1 Å². The van der Waals surface area contributed by atoms with Crippen molar-refractivity contribution in [3.05, 3.63) is 0 Å². The Morgan fingerprint density at radius 3 is 2.55 bits per heavy atom. The third kappa shape index (κ3) is 4.43. The Balaban J connectivity index is 1.83. The summed E-state index contributed by atoms with van der Waals surface area (Å²) >= 11 is 0. The summed E-state index contributed by atoms with van der Waals surface area (Å²) < 4.78 is 11.5. The normalized spacial score (nSPS) is 34.5. The Kier molecular flexibility index (Phi) is 6.66. The highest BCUT2D eigenvalue weighted by Gasteiger charge is 2.35. The largest absolute Gasteiger partial charge is 0.376 e. The fraction of sp³-hybridized carbons (Fsp3) is 0.941. The van der Waals surface area contributed by atoms with Gasteiger partial charge >= 0.3 is 0 Å². The molecule has 1 amide bonds. The van der Waals surface area contributed by atoms with Crippen molar-refractivity contribution in [3.63, 3.8) is 0 Å². The quantitative estimate of drug-likeness (QED) is 0.842. The van der Waals surface area contributed by atoms with E-state index in [-0.39, 0.29) is 24.1 Å². The van der Waals surface area contributed by atoms with Gasteiger partial charge in [-0.15, -0.1) is 0 Å². The minimum atomic E-state index is -0.398. The molecule has 128 valence electrons. The van der Waals surface area contributed by atoms with Crippen LogP contribution < -0.4 is 5.73 Å². The second-order valence-electron chi connectivity index (χ2n) is 6.98. The summed E-state index contributed by atoms with van der Waals surface area (Å²) in [5.41, 5.74) is 5.80. The molecule has 2 aliphatic heterocycles. The predicted molar refractivity (Wildman–Crippen MR) is 86.6 cm³/mol. The zero-order valence-corrected chi connectivity index (χ0v) is 14.3. The number of rotatable bonds is 5. The predicted octanol–water partition coefficient (Wildman–Crippen LogP) is 1.93. The van der Waals surface area contributed by atoms with Gasteiger partial charge in [0.1, 0.15) is 6.10 Å². The molecule has 2 rings (SSSR count). The first-order chi connectivity index (χ1) is 10.5. The molecule has 0 spiro atoms. The molecule has 0 aromatic heterocycles. The number of nitrogens with zero attached hydrogens (tertiary/aromatic N) is 1. The maximum Gasteiger partial charge on any atom is 0.251 e. The van der Waals surface area contributed by atoms with Crippen LogP contribution in [0, 0.1) is 5.92 Å². The Morgan fingerprint density at radius 2 is 2.00 bits per heavy atom. The van der Waals surface area contributed by atoms with Gasteiger partial charge in [0.25, 0.3) is 5.91 Å². The lowest BCUT2D eigenvalue weighted by molar-refractivity contribution is -0.153. The molecule has 2 heterocycles. The van der Waals surface area contributed by atoms with Gasteiger partial charge in [-0.1, -0.05) is 0 Å². The van der Waals surface area contributed by atoms with E-state index in [4.69, 9.17) is 15.2 Å². The molecule has 0 aromatic carbocycles. The number of piperidine rings is 1. The summed E-state index contributed by atoms with van der Waals surface area (Å²) in [7, 11) is 0. The third-order valence-electron chi connectivity index (χ3n) is 5.04. The molecule has 0 bridgehead atoms. The Morgan fingerprint density at radius 1 is 1.32 bits per heavy atom. The molecule has 2 fully saturated rings. The molecule has 5 nitrogen and oxygen atoms in total. The summed E-state index contributed by atoms with van der Waals surface area (Å²) in [6.45, 7) is 8.15. The van der Waals surface area contributed by atoms with E-state index in [1.165, 1.54) is 6.42 Å². The fourth-order valence-electron chi connectivity index (χ4n) is 3.82. The molecule has 5 heteroatoms. The van der Waals surface area contributed by atoms with Gasteiger partial charge in [-0.3, -0.25) is 4.79 Å². The molecular formula is C17H32N2O3. The molecule has 2 aliphatic rings. The number of likely N-dealkylation sites (tertiary alicyclic amines) is 1.